The summed E-state index contributed by atoms with van der Waals surface area (Å²) in [5, 5.41) is 3.40. The minimum atomic E-state index is -0.306. The van der Waals surface area contributed by atoms with Gasteiger partial charge < -0.3 is 5.32 Å². The maximum Gasteiger partial charge on any atom is 0.271 e. The lowest BCUT2D eigenvalue weighted by Gasteiger charge is -2.24. The first-order valence-corrected chi connectivity index (χ1v) is 5.76. The number of amides is 1. The second kappa shape index (κ2) is 5.02. The molecule has 16 heavy (non-hydrogen) atoms. The summed E-state index contributed by atoms with van der Waals surface area (Å²) in [6, 6.07) is 3.11. The van der Waals surface area contributed by atoms with E-state index in [4.69, 9.17) is 23.2 Å². The van der Waals surface area contributed by atoms with Gasteiger partial charge in [-0.15, -0.1) is 0 Å². The van der Waals surface area contributed by atoms with Gasteiger partial charge in [0.1, 0.15) is 10.8 Å². The van der Waals surface area contributed by atoms with Crippen LogP contribution in [0.15, 0.2) is 12.1 Å². The lowest BCUT2D eigenvalue weighted by Crippen LogP contribution is -2.43. The maximum atomic E-state index is 11.9. The predicted molar refractivity (Wildman–Crippen MR) is 66.1 cm³/mol. The zero-order valence-corrected chi connectivity index (χ0v) is 11.0. The molecular weight excluding hydrogens is 247 g/mol. The molecule has 5 heteroatoms. The molecule has 1 aromatic heterocycles. The number of carbonyl (C=O) groups is 1. The number of hydrogen-bond acceptors (Lipinski definition) is 2. The summed E-state index contributed by atoms with van der Waals surface area (Å²) in [6.45, 7) is 5.86. The highest BCUT2D eigenvalue weighted by molar-refractivity contribution is 6.34. The number of aromatic nitrogens is 1. The molecule has 0 fully saturated rings. The van der Waals surface area contributed by atoms with Crippen LogP contribution in [-0.2, 0) is 0 Å². The van der Waals surface area contributed by atoms with Gasteiger partial charge in [-0.1, -0.05) is 30.1 Å². The van der Waals surface area contributed by atoms with Gasteiger partial charge >= 0.3 is 0 Å². The number of hydrogen-bond donors (Lipinski definition) is 1. The summed E-state index contributed by atoms with van der Waals surface area (Å²) in [5.74, 6) is -0.306. The van der Waals surface area contributed by atoms with Crippen LogP contribution in [0, 0.1) is 0 Å². The van der Waals surface area contributed by atoms with Crippen LogP contribution in [0.4, 0.5) is 0 Å². The van der Waals surface area contributed by atoms with E-state index >= 15 is 0 Å². The lowest BCUT2D eigenvalue weighted by atomic mass is 10.0. The molecule has 0 aliphatic heterocycles. The molecular formula is C11H14Cl2N2O. The molecule has 0 atom stereocenters. The van der Waals surface area contributed by atoms with Crippen molar-refractivity contribution < 1.29 is 4.79 Å². The minimum absolute atomic E-state index is 0.163. The molecule has 0 unspecified atom stereocenters. The van der Waals surface area contributed by atoms with Crippen molar-refractivity contribution in [2.24, 2.45) is 0 Å². The highest BCUT2D eigenvalue weighted by Crippen LogP contribution is 2.18. The van der Waals surface area contributed by atoms with Crippen molar-refractivity contribution in [1.29, 1.82) is 0 Å². The van der Waals surface area contributed by atoms with Gasteiger partial charge in [-0.3, -0.25) is 4.79 Å². The van der Waals surface area contributed by atoms with E-state index < -0.39 is 0 Å². The van der Waals surface area contributed by atoms with E-state index in [-0.39, 0.29) is 22.3 Å². The molecule has 1 rings (SSSR count). The highest BCUT2D eigenvalue weighted by Gasteiger charge is 2.21. The Kier molecular flexibility index (Phi) is 4.16. The largest absolute Gasteiger partial charge is 0.346 e. The zero-order valence-electron chi connectivity index (χ0n) is 9.47. The van der Waals surface area contributed by atoms with E-state index in [0.717, 1.165) is 6.42 Å². The van der Waals surface area contributed by atoms with Crippen molar-refractivity contribution in [3.63, 3.8) is 0 Å². The van der Waals surface area contributed by atoms with Crippen LogP contribution in [0.5, 0.6) is 0 Å². The second-order valence-electron chi connectivity index (χ2n) is 4.16. The Hall–Kier alpha value is -0.800. The lowest BCUT2D eigenvalue weighted by molar-refractivity contribution is 0.0906. The standard InChI is InChI=1S/C11H14Cl2N2O/c1-4-11(2,3)15-10(16)9-7(12)5-6-8(13)14-9/h5-6H,4H2,1-3H3,(H,15,16). The molecule has 0 bridgehead atoms. The molecule has 1 amide bonds. The van der Waals surface area contributed by atoms with Crippen molar-refractivity contribution in [1.82, 2.24) is 10.3 Å². The Morgan fingerprint density at radius 2 is 2.06 bits per heavy atom. The van der Waals surface area contributed by atoms with Crippen molar-refractivity contribution in [2.45, 2.75) is 32.7 Å². The summed E-state index contributed by atoms with van der Waals surface area (Å²) >= 11 is 11.6. The molecule has 0 spiro atoms. The topological polar surface area (TPSA) is 42.0 Å². The van der Waals surface area contributed by atoms with Crippen LogP contribution in [-0.4, -0.2) is 16.4 Å². The number of nitrogens with zero attached hydrogens (tertiary/aromatic N) is 1. The zero-order chi connectivity index (χ0) is 12.3. The minimum Gasteiger partial charge on any atom is -0.346 e. The number of halogens is 2. The maximum absolute atomic E-state index is 11.9. The smallest absolute Gasteiger partial charge is 0.271 e. The van der Waals surface area contributed by atoms with Crippen LogP contribution in [0.2, 0.25) is 10.2 Å². The molecule has 1 aromatic rings. The number of carbonyl (C=O) groups excluding carboxylic acids is 1. The molecule has 0 radical (unpaired) electrons. The van der Waals surface area contributed by atoms with Crippen LogP contribution < -0.4 is 5.32 Å². The molecule has 0 saturated heterocycles. The molecule has 1 N–H and O–H groups in total. The van der Waals surface area contributed by atoms with Crippen LogP contribution in [0.1, 0.15) is 37.7 Å². The van der Waals surface area contributed by atoms with E-state index in [1.807, 2.05) is 20.8 Å². The molecule has 0 aliphatic rings. The number of nitrogens with one attached hydrogen (secondary N) is 1. The second-order valence-corrected chi connectivity index (χ2v) is 4.95. The van der Waals surface area contributed by atoms with Gasteiger partial charge in [0.2, 0.25) is 0 Å². The van der Waals surface area contributed by atoms with E-state index in [9.17, 15) is 4.79 Å². The first-order valence-electron chi connectivity index (χ1n) is 5.00. The normalized spacial score (nSPS) is 11.3. The Bertz CT molecular complexity index is 405. The van der Waals surface area contributed by atoms with Gasteiger partial charge in [0.25, 0.3) is 5.91 Å². The van der Waals surface area contributed by atoms with E-state index in [1.54, 1.807) is 12.1 Å². The SMILES string of the molecule is CCC(C)(C)NC(=O)c1nc(Cl)ccc1Cl. The molecule has 0 aromatic carbocycles. The van der Waals surface area contributed by atoms with Crippen LogP contribution in [0.25, 0.3) is 0 Å². The van der Waals surface area contributed by atoms with Gasteiger partial charge in [0.05, 0.1) is 5.02 Å². The van der Waals surface area contributed by atoms with E-state index in [1.165, 1.54) is 0 Å². The monoisotopic (exact) mass is 260 g/mol. The molecule has 88 valence electrons. The fourth-order valence-corrected chi connectivity index (χ4v) is 1.37. The third-order valence-electron chi connectivity index (χ3n) is 2.36. The average molecular weight is 261 g/mol. The first-order chi connectivity index (χ1) is 7.35. The number of pyridine rings is 1. The van der Waals surface area contributed by atoms with E-state index in [2.05, 4.69) is 10.3 Å². The summed E-state index contributed by atoms with van der Waals surface area (Å²) in [5.41, 5.74) is -0.125. The summed E-state index contributed by atoms with van der Waals surface area (Å²) in [4.78, 5) is 15.8. The Morgan fingerprint density at radius 1 is 1.44 bits per heavy atom. The average Bonchev–Trinajstić information content (AvgIpc) is 2.21. The van der Waals surface area contributed by atoms with Gasteiger partial charge in [-0.2, -0.15) is 0 Å². The van der Waals surface area contributed by atoms with Crippen molar-refractivity contribution >= 4 is 29.1 Å². The Balaban J connectivity index is 2.93. The van der Waals surface area contributed by atoms with E-state index in [0.29, 0.717) is 5.02 Å². The van der Waals surface area contributed by atoms with Gasteiger partial charge in [-0.05, 0) is 32.4 Å². The van der Waals surface area contributed by atoms with Crippen LogP contribution >= 0.6 is 23.2 Å². The third-order valence-corrected chi connectivity index (χ3v) is 2.88. The van der Waals surface area contributed by atoms with Crippen molar-refractivity contribution in [3.05, 3.63) is 28.0 Å². The van der Waals surface area contributed by atoms with Gasteiger partial charge in [0.15, 0.2) is 0 Å². The molecule has 0 aliphatic carbocycles. The fraction of sp³-hybridized carbons (Fsp3) is 0.455. The predicted octanol–water partition coefficient (Wildman–Crippen LogP) is 3.31. The Labute approximate surface area is 105 Å². The Morgan fingerprint density at radius 3 is 2.62 bits per heavy atom. The summed E-state index contributed by atoms with van der Waals surface area (Å²) in [7, 11) is 0. The molecule has 0 saturated carbocycles. The molecule has 1 heterocycles. The van der Waals surface area contributed by atoms with Crippen molar-refractivity contribution in [3.8, 4) is 0 Å². The summed E-state index contributed by atoms with van der Waals surface area (Å²) in [6.07, 6.45) is 0.816. The fourth-order valence-electron chi connectivity index (χ4n) is 1.03. The third kappa shape index (κ3) is 3.35. The van der Waals surface area contributed by atoms with Gasteiger partial charge in [0, 0.05) is 5.54 Å². The molecule has 3 nitrogen and oxygen atoms in total. The summed E-state index contributed by atoms with van der Waals surface area (Å²) < 4.78 is 0. The number of rotatable bonds is 3. The highest BCUT2D eigenvalue weighted by atomic mass is 35.5. The first kappa shape index (κ1) is 13.3. The van der Waals surface area contributed by atoms with Gasteiger partial charge in [-0.25, -0.2) is 4.98 Å². The quantitative estimate of drug-likeness (QED) is 0.848. The van der Waals surface area contributed by atoms with Crippen molar-refractivity contribution in [2.75, 3.05) is 0 Å². The van der Waals surface area contributed by atoms with Crippen LogP contribution in [0.3, 0.4) is 0 Å².